The Kier molecular flexibility index (Phi) is 7.57. The topological polar surface area (TPSA) is 93.2 Å². The zero-order valence-corrected chi connectivity index (χ0v) is 22.1. The number of ether oxygens (including phenoxy) is 2. The minimum atomic E-state index is -4.00. The molecule has 1 atom stereocenters. The maximum absolute atomic E-state index is 13.4. The average molecular weight is 537 g/mol. The van der Waals surface area contributed by atoms with Crippen LogP contribution >= 0.6 is 23.2 Å². The third-order valence-electron chi connectivity index (χ3n) is 5.62. The fraction of sp³-hybridized carbons (Fsp3) is 0.429. The number of nitrogens with zero attached hydrogens (tertiary/aromatic N) is 2. The molecular formula is C21H26Cl2N2O6S2. The lowest BCUT2D eigenvalue weighted by Gasteiger charge is -2.38. The summed E-state index contributed by atoms with van der Waals surface area (Å²) >= 11 is 12.3. The summed E-state index contributed by atoms with van der Waals surface area (Å²) in [5.41, 5.74) is 1.37. The highest BCUT2D eigenvalue weighted by Gasteiger charge is 2.40. The first kappa shape index (κ1) is 26.1. The van der Waals surface area contributed by atoms with Crippen molar-refractivity contribution >= 4 is 43.2 Å². The van der Waals surface area contributed by atoms with Crippen LogP contribution in [0, 0.1) is 13.8 Å². The van der Waals surface area contributed by atoms with E-state index >= 15 is 0 Å². The number of sulfonamides is 2. The van der Waals surface area contributed by atoms with E-state index < -0.39 is 26.1 Å². The molecule has 1 aliphatic rings. The highest BCUT2D eigenvalue weighted by atomic mass is 35.5. The molecule has 0 bridgehead atoms. The molecule has 1 fully saturated rings. The molecule has 0 amide bonds. The lowest BCUT2D eigenvalue weighted by atomic mass is 10.2. The van der Waals surface area contributed by atoms with Gasteiger partial charge in [-0.3, -0.25) is 0 Å². The van der Waals surface area contributed by atoms with Crippen LogP contribution in [0.3, 0.4) is 0 Å². The van der Waals surface area contributed by atoms with Gasteiger partial charge in [0.1, 0.15) is 21.3 Å². The number of halogens is 2. The fourth-order valence-electron chi connectivity index (χ4n) is 3.74. The molecule has 0 saturated carbocycles. The van der Waals surface area contributed by atoms with Crippen LogP contribution in [0.4, 0.5) is 0 Å². The summed E-state index contributed by atoms with van der Waals surface area (Å²) < 4.78 is 66.6. The summed E-state index contributed by atoms with van der Waals surface area (Å²) in [7, 11) is -5.21. The number of methoxy groups -OCH3 is 2. The minimum Gasteiger partial charge on any atom is -0.495 e. The quantitative estimate of drug-likeness (QED) is 0.558. The maximum atomic E-state index is 13.4. The van der Waals surface area contributed by atoms with E-state index in [2.05, 4.69) is 0 Å². The molecular weight excluding hydrogens is 511 g/mol. The standard InChI is InChI=1S/C21H26Cl2N2O6S2/c1-13-8-18(30-4)20(10-16(13)22)32(26,27)24-6-7-25(15(3)12-24)33(28,29)21-11-17(23)14(2)9-19(21)31-5/h8-11,15H,6-7,12H2,1-5H3. The summed E-state index contributed by atoms with van der Waals surface area (Å²) in [6.07, 6.45) is 0. The van der Waals surface area contributed by atoms with Crippen LogP contribution in [0.5, 0.6) is 11.5 Å². The van der Waals surface area contributed by atoms with Gasteiger partial charge in [0, 0.05) is 35.7 Å². The zero-order valence-electron chi connectivity index (χ0n) is 18.9. The van der Waals surface area contributed by atoms with Crippen LogP contribution in [-0.2, 0) is 20.0 Å². The van der Waals surface area contributed by atoms with E-state index in [9.17, 15) is 16.8 Å². The normalized spacial score (nSPS) is 18.3. The van der Waals surface area contributed by atoms with Crippen molar-refractivity contribution in [2.75, 3.05) is 33.9 Å². The number of hydrogen-bond donors (Lipinski definition) is 0. The van der Waals surface area contributed by atoms with E-state index in [1.165, 1.54) is 35.0 Å². The first-order valence-corrected chi connectivity index (χ1v) is 13.7. The van der Waals surface area contributed by atoms with Crippen molar-refractivity contribution in [3.63, 3.8) is 0 Å². The van der Waals surface area contributed by atoms with Crippen molar-refractivity contribution in [3.8, 4) is 11.5 Å². The Balaban J connectivity index is 1.93. The summed E-state index contributed by atoms with van der Waals surface area (Å²) in [6.45, 7) is 5.03. The third-order valence-corrected chi connectivity index (χ3v) is 10.4. The number of hydrogen-bond acceptors (Lipinski definition) is 6. The molecule has 182 valence electrons. The Morgan fingerprint density at radius 1 is 0.818 bits per heavy atom. The predicted octanol–water partition coefficient (Wildman–Crippen LogP) is 3.71. The third kappa shape index (κ3) is 4.82. The molecule has 8 nitrogen and oxygen atoms in total. The van der Waals surface area contributed by atoms with Gasteiger partial charge in [-0.25, -0.2) is 16.8 Å². The molecule has 0 aromatic heterocycles. The second-order valence-corrected chi connectivity index (χ2v) is 12.4. The van der Waals surface area contributed by atoms with Crippen LogP contribution in [-0.4, -0.2) is 65.3 Å². The van der Waals surface area contributed by atoms with E-state index in [-0.39, 0.29) is 40.9 Å². The lowest BCUT2D eigenvalue weighted by molar-refractivity contribution is 0.212. The van der Waals surface area contributed by atoms with Gasteiger partial charge in [0.2, 0.25) is 20.0 Å². The molecule has 2 aromatic carbocycles. The average Bonchev–Trinajstić information content (AvgIpc) is 2.76. The summed E-state index contributed by atoms with van der Waals surface area (Å²) in [6, 6.07) is 5.20. The van der Waals surface area contributed by atoms with Gasteiger partial charge in [-0.1, -0.05) is 23.2 Å². The van der Waals surface area contributed by atoms with Gasteiger partial charge in [0.25, 0.3) is 0 Å². The van der Waals surface area contributed by atoms with Crippen LogP contribution < -0.4 is 9.47 Å². The van der Waals surface area contributed by atoms with Crippen LogP contribution in [0.1, 0.15) is 18.1 Å². The smallest absolute Gasteiger partial charge is 0.247 e. The molecule has 0 spiro atoms. The van der Waals surface area contributed by atoms with E-state index in [1.54, 1.807) is 32.9 Å². The van der Waals surface area contributed by atoms with Crippen molar-refractivity contribution < 1.29 is 26.3 Å². The van der Waals surface area contributed by atoms with Gasteiger partial charge in [-0.05, 0) is 56.2 Å². The first-order chi connectivity index (χ1) is 15.3. The molecule has 1 aliphatic heterocycles. The SMILES string of the molecule is COc1cc(C)c(Cl)cc1S(=O)(=O)N1CCN(S(=O)(=O)c2cc(Cl)c(C)cc2OC)C(C)C1. The highest BCUT2D eigenvalue weighted by Crippen LogP contribution is 2.36. The largest absolute Gasteiger partial charge is 0.495 e. The van der Waals surface area contributed by atoms with Gasteiger partial charge in [-0.2, -0.15) is 8.61 Å². The van der Waals surface area contributed by atoms with Gasteiger partial charge >= 0.3 is 0 Å². The van der Waals surface area contributed by atoms with Gasteiger partial charge in [0.05, 0.1) is 14.2 Å². The molecule has 2 aromatic rings. The Morgan fingerprint density at radius 2 is 1.27 bits per heavy atom. The lowest BCUT2D eigenvalue weighted by Crippen LogP contribution is -2.55. The Hall–Kier alpha value is -1.56. The van der Waals surface area contributed by atoms with Crippen LogP contribution in [0.25, 0.3) is 0 Å². The number of benzene rings is 2. The summed E-state index contributed by atoms with van der Waals surface area (Å²) in [4.78, 5) is -0.119. The second-order valence-electron chi connectivity index (χ2n) is 7.83. The summed E-state index contributed by atoms with van der Waals surface area (Å²) in [5.74, 6) is 0.358. The van der Waals surface area contributed by atoms with Gasteiger partial charge in [0.15, 0.2) is 0 Å². The molecule has 1 unspecified atom stereocenters. The molecule has 12 heteroatoms. The van der Waals surface area contributed by atoms with Crippen LogP contribution in [0.15, 0.2) is 34.1 Å². The fourth-order valence-corrected chi connectivity index (χ4v) is 7.65. The van der Waals surface area contributed by atoms with E-state index in [4.69, 9.17) is 32.7 Å². The predicted molar refractivity (Wildman–Crippen MR) is 128 cm³/mol. The van der Waals surface area contributed by atoms with Gasteiger partial charge in [-0.15, -0.1) is 0 Å². The summed E-state index contributed by atoms with van der Waals surface area (Å²) in [5, 5.41) is 0.596. The van der Waals surface area contributed by atoms with Crippen molar-refractivity contribution in [2.24, 2.45) is 0 Å². The van der Waals surface area contributed by atoms with Crippen molar-refractivity contribution in [1.29, 1.82) is 0 Å². The Morgan fingerprint density at radius 3 is 1.70 bits per heavy atom. The van der Waals surface area contributed by atoms with Crippen molar-refractivity contribution in [3.05, 3.63) is 45.4 Å². The van der Waals surface area contributed by atoms with Crippen LogP contribution in [0.2, 0.25) is 10.0 Å². The molecule has 33 heavy (non-hydrogen) atoms. The number of rotatable bonds is 6. The molecule has 1 heterocycles. The van der Waals surface area contributed by atoms with E-state index in [1.807, 2.05) is 0 Å². The number of aryl methyl sites for hydroxylation is 2. The molecule has 3 rings (SSSR count). The highest BCUT2D eigenvalue weighted by molar-refractivity contribution is 7.89. The monoisotopic (exact) mass is 536 g/mol. The molecule has 0 N–H and O–H groups in total. The van der Waals surface area contributed by atoms with Crippen molar-refractivity contribution in [2.45, 2.75) is 36.6 Å². The molecule has 0 radical (unpaired) electrons. The number of piperazine rings is 1. The molecule has 0 aliphatic carbocycles. The zero-order chi connectivity index (χ0) is 24.7. The van der Waals surface area contributed by atoms with Gasteiger partial charge < -0.3 is 9.47 Å². The maximum Gasteiger partial charge on any atom is 0.247 e. The minimum absolute atomic E-state index is 0.0392. The Bertz CT molecular complexity index is 1280. The van der Waals surface area contributed by atoms with E-state index in [0.717, 1.165) is 0 Å². The van der Waals surface area contributed by atoms with Crippen molar-refractivity contribution in [1.82, 2.24) is 8.61 Å². The van der Waals surface area contributed by atoms with E-state index in [0.29, 0.717) is 21.2 Å². The Labute approximate surface area is 205 Å². The first-order valence-electron chi connectivity index (χ1n) is 10.0. The molecule has 1 saturated heterocycles. The second kappa shape index (κ2) is 9.59.